The van der Waals surface area contributed by atoms with Gasteiger partial charge in [0.25, 0.3) is 11.6 Å². The molecule has 1 amide bonds. The Kier molecular flexibility index (Phi) is 7.30. The van der Waals surface area contributed by atoms with Crippen LogP contribution in [0.15, 0.2) is 53.4 Å². The topological polar surface area (TPSA) is 89.8 Å². The second-order valence-corrected chi connectivity index (χ2v) is 6.36. The lowest BCUT2D eigenvalue weighted by atomic mass is 10.2. The minimum Gasteiger partial charge on any atom is -0.455 e. The van der Waals surface area contributed by atoms with Gasteiger partial charge >= 0.3 is 5.97 Å². The molecule has 2 aromatic carbocycles. The summed E-state index contributed by atoms with van der Waals surface area (Å²) in [5.74, 6) is -1.44. The summed E-state index contributed by atoms with van der Waals surface area (Å²) in [4.78, 5) is 36.2. The van der Waals surface area contributed by atoms with E-state index in [1.54, 1.807) is 6.92 Å². The molecule has 0 radical (unpaired) electrons. The standard InChI is InChI=1S/C18H17FN2O5S/c1-2-20(14-5-3-13(19)4-6-14)17(22)11-26-18(23)12-27-16-9-7-15(8-10-16)21(24)25/h3-10H,2,11-12H2,1H3. The number of nitro groups is 1. The van der Waals surface area contributed by atoms with Crippen LogP contribution in [0, 0.1) is 15.9 Å². The van der Waals surface area contributed by atoms with Gasteiger partial charge in [0.15, 0.2) is 6.61 Å². The molecular weight excluding hydrogens is 375 g/mol. The number of rotatable bonds is 8. The van der Waals surface area contributed by atoms with Crippen LogP contribution in [0.5, 0.6) is 0 Å². The van der Waals surface area contributed by atoms with Gasteiger partial charge in [-0.25, -0.2) is 4.39 Å². The second kappa shape index (κ2) is 9.67. The molecule has 0 fully saturated rings. The maximum atomic E-state index is 13.0. The number of hydrogen-bond acceptors (Lipinski definition) is 6. The Hall–Kier alpha value is -2.94. The molecule has 0 aromatic heterocycles. The van der Waals surface area contributed by atoms with E-state index in [0.717, 1.165) is 11.8 Å². The number of carbonyl (C=O) groups is 2. The van der Waals surface area contributed by atoms with Crippen molar-refractivity contribution in [1.82, 2.24) is 0 Å². The third-order valence-electron chi connectivity index (χ3n) is 3.52. The summed E-state index contributed by atoms with van der Waals surface area (Å²) >= 11 is 1.15. The fraction of sp³-hybridized carbons (Fsp3) is 0.222. The van der Waals surface area contributed by atoms with Crippen LogP contribution in [0.4, 0.5) is 15.8 Å². The lowest BCUT2D eigenvalue weighted by molar-refractivity contribution is -0.384. The van der Waals surface area contributed by atoms with E-state index in [1.165, 1.54) is 53.4 Å². The number of non-ortho nitro benzene ring substituents is 1. The molecule has 0 N–H and O–H groups in total. The molecule has 0 spiro atoms. The number of likely N-dealkylation sites (N-methyl/N-ethyl adjacent to an activating group) is 1. The highest BCUT2D eigenvalue weighted by atomic mass is 32.2. The van der Waals surface area contributed by atoms with Gasteiger partial charge in [-0.1, -0.05) is 0 Å². The third-order valence-corrected chi connectivity index (χ3v) is 4.50. The number of esters is 1. The highest BCUT2D eigenvalue weighted by Crippen LogP contribution is 2.21. The Balaban J connectivity index is 1.82. The minimum absolute atomic E-state index is 0.0340. The summed E-state index contributed by atoms with van der Waals surface area (Å²) < 4.78 is 18.0. The van der Waals surface area contributed by atoms with E-state index in [9.17, 15) is 24.1 Å². The molecule has 0 atom stereocenters. The van der Waals surface area contributed by atoms with E-state index in [0.29, 0.717) is 17.1 Å². The van der Waals surface area contributed by atoms with Gasteiger partial charge in [-0.3, -0.25) is 19.7 Å². The number of nitrogens with zero attached hydrogens (tertiary/aromatic N) is 2. The van der Waals surface area contributed by atoms with Crippen molar-refractivity contribution >= 4 is 35.0 Å². The highest BCUT2D eigenvalue weighted by molar-refractivity contribution is 8.00. The predicted octanol–water partition coefficient (Wildman–Crippen LogP) is 3.42. The van der Waals surface area contributed by atoms with Gasteiger partial charge in [0.05, 0.1) is 10.7 Å². The Morgan fingerprint density at radius 2 is 1.78 bits per heavy atom. The zero-order chi connectivity index (χ0) is 19.8. The molecule has 9 heteroatoms. The molecule has 0 aliphatic rings. The number of anilines is 1. The molecule has 0 saturated heterocycles. The smallest absolute Gasteiger partial charge is 0.316 e. The fourth-order valence-corrected chi connectivity index (χ4v) is 2.89. The largest absolute Gasteiger partial charge is 0.455 e. The van der Waals surface area contributed by atoms with Gasteiger partial charge in [-0.15, -0.1) is 11.8 Å². The Labute approximate surface area is 159 Å². The van der Waals surface area contributed by atoms with Crippen molar-refractivity contribution in [2.24, 2.45) is 0 Å². The molecule has 0 aliphatic heterocycles. The first kappa shape index (κ1) is 20.4. The lowest BCUT2D eigenvalue weighted by Gasteiger charge is -2.20. The van der Waals surface area contributed by atoms with Crippen molar-refractivity contribution in [3.05, 3.63) is 64.5 Å². The second-order valence-electron chi connectivity index (χ2n) is 5.31. The molecule has 7 nitrogen and oxygen atoms in total. The van der Waals surface area contributed by atoms with Crippen LogP contribution in [-0.4, -0.2) is 35.7 Å². The van der Waals surface area contributed by atoms with Crippen molar-refractivity contribution in [2.75, 3.05) is 23.8 Å². The van der Waals surface area contributed by atoms with Crippen LogP contribution in [0.2, 0.25) is 0 Å². The molecule has 2 rings (SSSR count). The quantitative estimate of drug-likeness (QED) is 0.296. The van der Waals surface area contributed by atoms with Crippen molar-refractivity contribution in [3.63, 3.8) is 0 Å². The summed E-state index contributed by atoms with van der Waals surface area (Å²) in [5.41, 5.74) is 0.480. The molecule has 0 heterocycles. The van der Waals surface area contributed by atoms with Crippen LogP contribution >= 0.6 is 11.8 Å². The Morgan fingerprint density at radius 3 is 2.33 bits per heavy atom. The monoisotopic (exact) mass is 392 g/mol. The fourth-order valence-electron chi connectivity index (χ4n) is 2.19. The van der Waals surface area contributed by atoms with E-state index in [4.69, 9.17) is 4.74 Å². The number of benzene rings is 2. The first-order valence-electron chi connectivity index (χ1n) is 7.99. The summed E-state index contributed by atoms with van der Waals surface area (Å²) in [5, 5.41) is 10.6. The molecule has 0 aliphatic carbocycles. The predicted molar refractivity (Wildman–Crippen MR) is 99.2 cm³/mol. The minimum atomic E-state index is -0.582. The number of nitro benzene ring substituents is 1. The van der Waals surface area contributed by atoms with Crippen molar-refractivity contribution in [3.8, 4) is 0 Å². The van der Waals surface area contributed by atoms with Crippen LogP contribution < -0.4 is 4.90 Å². The van der Waals surface area contributed by atoms with E-state index in [1.807, 2.05) is 0 Å². The summed E-state index contributed by atoms with van der Waals surface area (Å²) in [7, 11) is 0. The molecule has 2 aromatic rings. The maximum Gasteiger partial charge on any atom is 0.316 e. The molecule has 0 saturated carbocycles. The molecule has 0 bridgehead atoms. The van der Waals surface area contributed by atoms with Crippen molar-refractivity contribution in [1.29, 1.82) is 0 Å². The Bertz CT molecular complexity index is 812. The number of amides is 1. The molecule has 142 valence electrons. The van der Waals surface area contributed by atoms with Crippen molar-refractivity contribution in [2.45, 2.75) is 11.8 Å². The number of hydrogen-bond donors (Lipinski definition) is 0. The number of carbonyl (C=O) groups excluding carboxylic acids is 2. The molecule has 27 heavy (non-hydrogen) atoms. The zero-order valence-electron chi connectivity index (χ0n) is 14.5. The first-order valence-corrected chi connectivity index (χ1v) is 8.98. The average molecular weight is 392 g/mol. The van der Waals surface area contributed by atoms with Crippen LogP contribution in [0.3, 0.4) is 0 Å². The van der Waals surface area contributed by atoms with Crippen molar-refractivity contribution < 1.29 is 23.6 Å². The SMILES string of the molecule is CCN(C(=O)COC(=O)CSc1ccc([N+](=O)[O-])cc1)c1ccc(F)cc1. The summed E-state index contributed by atoms with van der Waals surface area (Å²) in [6.07, 6.45) is 0. The first-order chi connectivity index (χ1) is 12.9. The number of halogens is 1. The number of ether oxygens (including phenoxy) is 1. The average Bonchev–Trinajstić information content (AvgIpc) is 2.67. The highest BCUT2D eigenvalue weighted by Gasteiger charge is 2.16. The van der Waals surface area contributed by atoms with Crippen LogP contribution in [0.1, 0.15) is 6.92 Å². The summed E-state index contributed by atoms with van der Waals surface area (Å²) in [6, 6.07) is 11.2. The zero-order valence-corrected chi connectivity index (χ0v) is 15.3. The van der Waals surface area contributed by atoms with E-state index >= 15 is 0 Å². The van der Waals surface area contributed by atoms with Gasteiger partial charge in [0.1, 0.15) is 5.82 Å². The third kappa shape index (κ3) is 6.07. The van der Waals surface area contributed by atoms with Gasteiger partial charge in [0.2, 0.25) is 0 Å². The van der Waals surface area contributed by atoms with Gasteiger partial charge < -0.3 is 9.64 Å². The Morgan fingerprint density at radius 1 is 1.15 bits per heavy atom. The van der Waals surface area contributed by atoms with Gasteiger partial charge in [-0.05, 0) is 43.3 Å². The normalized spacial score (nSPS) is 10.3. The molecule has 0 unspecified atom stereocenters. The van der Waals surface area contributed by atoms with Gasteiger partial charge in [-0.2, -0.15) is 0 Å². The summed E-state index contributed by atoms with van der Waals surface area (Å²) in [6.45, 7) is 1.68. The lowest BCUT2D eigenvalue weighted by Crippen LogP contribution is -2.34. The van der Waals surface area contributed by atoms with Crippen LogP contribution in [-0.2, 0) is 14.3 Å². The van der Waals surface area contributed by atoms with Crippen LogP contribution in [0.25, 0.3) is 0 Å². The molecular formula is C18H17FN2O5S. The van der Waals surface area contributed by atoms with Gasteiger partial charge in [0, 0.05) is 29.3 Å². The van der Waals surface area contributed by atoms with E-state index in [2.05, 4.69) is 0 Å². The maximum absolute atomic E-state index is 13.0. The van der Waals surface area contributed by atoms with E-state index < -0.39 is 29.2 Å². The van der Waals surface area contributed by atoms with E-state index in [-0.39, 0.29) is 11.4 Å². The number of thioether (sulfide) groups is 1.